The van der Waals surface area contributed by atoms with Crippen molar-refractivity contribution in [3.05, 3.63) is 0 Å². The lowest BCUT2D eigenvalue weighted by atomic mass is 10.1. The lowest BCUT2D eigenvalue weighted by Crippen LogP contribution is -2.36. The van der Waals surface area contributed by atoms with E-state index < -0.39 is 0 Å². The first-order chi connectivity index (χ1) is 6.56. The van der Waals surface area contributed by atoms with Crippen molar-refractivity contribution >= 4 is 0 Å². The average molecular weight is 201 g/mol. The van der Waals surface area contributed by atoms with E-state index in [1.807, 2.05) is 0 Å². The van der Waals surface area contributed by atoms with E-state index in [4.69, 9.17) is 5.73 Å². The maximum absolute atomic E-state index is 5.39. The topological polar surface area (TPSA) is 50.1 Å². The van der Waals surface area contributed by atoms with E-state index in [0.29, 0.717) is 0 Å². The van der Waals surface area contributed by atoms with Crippen LogP contribution in [0.5, 0.6) is 0 Å². The molecule has 0 aromatic carbocycles. The van der Waals surface area contributed by atoms with Crippen molar-refractivity contribution in [2.45, 2.75) is 45.6 Å². The number of unbranched alkanes of at least 4 members (excludes halogenated alkanes) is 1. The Morgan fingerprint density at radius 3 is 2.07 bits per heavy atom. The maximum Gasteiger partial charge on any atom is 0.00965 e. The minimum atomic E-state index is 0.257. The number of hydrogen-bond acceptors (Lipinski definition) is 3. The fourth-order valence-electron chi connectivity index (χ4n) is 1.19. The van der Waals surface area contributed by atoms with Gasteiger partial charge in [-0.25, -0.2) is 0 Å². The Morgan fingerprint density at radius 2 is 1.50 bits per heavy atom. The Hall–Kier alpha value is -0.120. The molecule has 3 nitrogen and oxygen atoms in total. The predicted molar refractivity (Wildman–Crippen MR) is 63.5 cm³/mol. The van der Waals surface area contributed by atoms with Crippen molar-refractivity contribution in [3.8, 4) is 0 Å². The molecule has 4 N–H and O–H groups in total. The van der Waals surface area contributed by atoms with Gasteiger partial charge >= 0.3 is 0 Å². The van der Waals surface area contributed by atoms with Gasteiger partial charge in [0, 0.05) is 5.54 Å². The highest BCUT2D eigenvalue weighted by Gasteiger charge is 2.06. The molecule has 0 heterocycles. The minimum Gasteiger partial charge on any atom is -0.330 e. The third kappa shape index (κ3) is 11.9. The molecule has 0 saturated heterocycles. The smallest absolute Gasteiger partial charge is 0.00965 e. The van der Waals surface area contributed by atoms with Crippen LogP contribution in [0.4, 0.5) is 0 Å². The minimum absolute atomic E-state index is 0.257. The lowest BCUT2D eigenvalue weighted by Gasteiger charge is -2.20. The summed E-state index contributed by atoms with van der Waals surface area (Å²) in [4.78, 5) is 0. The number of rotatable bonds is 8. The molecule has 0 atom stereocenters. The molecule has 3 heteroatoms. The summed E-state index contributed by atoms with van der Waals surface area (Å²) in [5.41, 5.74) is 5.65. The zero-order valence-corrected chi connectivity index (χ0v) is 10.0. The van der Waals surface area contributed by atoms with Crippen LogP contribution < -0.4 is 16.4 Å². The Kier molecular flexibility index (Phi) is 8.14. The Labute approximate surface area is 88.8 Å². The summed E-state index contributed by atoms with van der Waals surface area (Å²) in [6.07, 6.45) is 3.57. The second-order valence-electron chi connectivity index (χ2n) is 4.78. The summed E-state index contributed by atoms with van der Waals surface area (Å²) in [7, 11) is 0. The van der Waals surface area contributed by atoms with Crippen LogP contribution in [0.3, 0.4) is 0 Å². The van der Waals surface area contributed by atoms with Gasteiger partial charge in [-0.3, -0.25) is 0 Å². The van der Waals surface area contributed by atoms with Crippen molar-refractivity contribution in [2.75, 3.05) is 26.2 Å². The van der Waals surface area contributed by atoms with Crippen molar-refractivity contribution in [1.82, 2.24) is 10.6 Å². The summed E-state index contributed by atoms with van der Waals surface area (Å²) < 4.78 is 0. The molecule has 86 valence electrons. The van der Waals surface area contributed by atoms with Crippen LogP contribution in [0, 0.1) is 0 Å². The highest BCUT2D eigenvalue weighted by molar-refractivity contribution is 4.69. The molecule has 0 rings (SSSR count). The Bertz CT molecular complexity index is 118. The van der Waals surface area contributed by atoms with Gasteiger partial charge in [0.15, 0.2) is 0 Å². The molecule has 0 spiro atoms. The van der Waals surface area contributed by atoms with Gasteiger partial charge in [0.2, 0.25) is 0 Å². The molecule has 0 aromatic rings. The predicted octanol–water partition coefficient (Wildman–Crippen LogP) is 1.09. The van der Waals surface area contributed by atoms with Gasteiger partial charge in [-0.1, -0.05) is 0 Å². The van der Waals surface area contributed by atoms with Crippen LogP contribution in [0.15, 0.2) is 0 Å². The monoisotopic (exact) mass is 201 g/mol. The van der Waals surface area contributed by atoms with Gasteiger partial charge in [0.1, 0.15) is 0 Å². The third-order valence-corrected chi connectivity index (χ3v) is 1.99. The van der Waals surface area contributed by atoms with Gasteiger partial charge in [-0.05, 0) is 66.2 Å². The number of hydrogen-bond donors (Lipinski definition) is 3. The van der Waals surface area contributed by atoms with E-state index in [1.54, 1.807) is 0 Å². The standard InChI is InChI=1S/C11H27N3/c1-11(2,3)14-10-5-4-8-13-9-6-7-12/h13-14H,4-10,12H2,1-3H3. The zero-order valence-electron chi connectivity index (χ0n) is 10.0. The van der Waals surface area contributed by atoms with Gasteiger partial charge in [-0.2, -0.15) is 0 Å². The molecule has 0 fully saturated rings. The Morgan fingerprint density at radius 1 is 0.929 bits per heavy atom. The summed E-state index contributed by atoms with van der Waals surface area (Å²) in [5.74, 6) is 0. The fraction of sp³-hybridized carbons (Fsp3) is 1.00. The number of nitrogens with two attached hydrogens (primary N) is 1. The first kappa shape index (κ1) is 13.9. The van der Waals surface area contributed by atoms with Crippen LogP contribution in [-0.4, -0.2) is 31.7 Å². The van der Waals surface area contributed by atoms with Gasteiger partial charge in [0.25, 0.3) is 0 Å². The highest BCUT2D eigenvalue weighted by Crippen LogP contribution is 1.98. The molecule has 0 unspecified atom stereocenters. The van der Waals surface area contributed by atoms with Gasteiger partial charge in [-0.15, -0.1) is 0 Å². The number of nitrogens with one attached hydrogen (secondary N) is 2. The summed E-state index contributed by atoms with van der Waals surface area (Å²) in [6, 6.07) is 0. The van der Waals surface area contributed by atoms with E-state index in [9.17, 15) is 0 Å². The van der Waals surface area contributed by atoms with E-state index in [0.717, 1.165) is 32.6 Å². The first-order valence-corrected chi connectivity index (χ1v) is 5.72. The first-order valence-electron chi connectivity index (χ1n) is 5.72. The normalized spacial score (nSPS) is 12.0. The van der Waals surface area contributed by atoms with Crippen LogP contribution >= 0.6 is 0 Å². The molecule has 0 aromatic heterocycles. The molecule has 0 radical (unpaired) electrons. The largest absolute Gasteiger partial charge is 0.330 e. The lowest BCUT2D eigenvalue weighted by molar-refractivity contribution is 0.417. The second-order valence-corrected chi connectivity index (χ2v) is 4.78. The third-order valence-electron chi connectivity index (χ3n) is 1.99. The Balaban J connectivity index is 2.99. The fourth-order valence-corrected chi connectivity index (χ4v) is 1.19. The van der Waals surface area contributed by atoms with Crippen LogP contribution in [0.25, 0.3) is 0 Å². The van der Waals surface area contributed by atoms with Crippen molar-refractivity contribution < 1.29 is 0 Å². The highest BCUT2D eigenvalue weighted by atomic mass is 14.9. The molecular weight excluding hydrogens is 174 g/mol. The molecule has 14 heavy (non-hydrogen) atoms. The molecule has 0 aliphatic rings. The van der Waals surface area contributed by atoms with Gasteiger partial charge < -0.3 is 16.4 Å². The van der Waals surface area contributed by atoms with Crippen LogP contribution in [0.2, 0.25) is 0 Å². The molecule has 0 amide bonds. The summed E-state index contributed by atoms with van der Waals surface area (Å²) >= 11 is 0. The quantitative estimate of drug-likeness (QED) is 0.515. The second kappa shape index (κ2) is 8.21. The van der Waals surface area contributed by atoms with Crippen molar-refractivity contribution in [2.24, 2.45) is 5.73 Å². The van der Waals surface area contributed by atoms with E-state index >= 15 is 0 Å². The molecule has 0 aliphatic heterocycles. The molecular formula is C11H27N3. The van der Waals surface area contributed by atoms with E-state index in [1.165, 1.54) is 12.8 Å². The molecule has 0 aliphatic carbocycles. The van der Waals surface area contributed by atoms with Crippen LogP contribution in [-0.2, 0) is 0 Å². The SMILES string of the molecule is CC(C)(C)NCCCCNCCCN. The van der Waals surface area contributed by atoms with E-state index in [2.05, 4.69) is 31.4 Å². The van der Waals surface area contributed by atoms with Gasteiger partial charge in [0.05, 0.1) is 0 Å². The van der Waals surface area contributed by atoms with Crippen LogP contribution in [0.1, 0.15) is 40.0 Å². The average Bonchev–Trinajstić information content (AvgIpc) is 2.08. The van der Waals surface area contributed by atoms with Crippen molar-refractivity contribution in [1.29, 1.82) is 0 Å². The summed E-state index contributed by atoms with van der Waals surface area (Å²) in [5, 5.41) is 6.85. The van der Waals surface area contributed by atoms with Crippen molar-refractivity contribution in [3.63, 3.8) is 0 Å². The molecule has 0 bridgehead atoms. The zero-order chi connectivity index (χ0) is 10.9. The summed E-state index contributed by atoms with van der Waals surface area (Å²) in [6.45, 7) is 10.7. The van der Waals surface area contributed by atoms with E-state index in [-0.39, 0.29) is 5.54 Å². The maximum atomic E-state index is 5.39. The molecule has 0 saturated carbocycles.